The summed E-state index contributed by atoms with van der Waals surface area (Å²) in [6.45, 7) is 7.50. The summed E-state index contributed by atoms with van der Waals surface area (Å²) in [7, 11) is 1.58. The molecule has 0 unspecified atom stereocenters. The first-order chi connectivity index (χ1) is 9.96. The second-order valence-electron chi connectivity index (χ2n) is 4.62. The average Bonchev–Trinajstić information content (AvgIpc) is 2.43. The predicted octanol–water partition coefficient (Wildman–Crippen LogP) is 2.52. The smallest absolute Gasteiger partial charge is 0.324 e. The van der Waals surface area contributed by atoms with E-state index in [1.54, 1.807) is 33.1 Å². The molecule has 5 heteroatoms. The molecule has 0 radical (unpaired) electrons. The van der Waals surface area contributed by atoms with Crippen molar-refractivity contribution in [3.8, 4) is 5.75 Å². The van der Waals surface area contributed by atoms with Crippen molar-refractivity contribution < 1.29 is 23.8 Å². The van der Waals surface area contributed by atoms with E-state index >= 15 is 0 Å². The Morgan fingerprint density at radius 3 is 1.95 bits per heavy atom. The van der Waals surface area contributed by atoms with Crippen molar-refractivity contribution in [3.63, 3.8) is 0 Å². The van der Waals surface area contributed by atoms with E-state index in [-0.39, 0.29) is 13.2 Å². The van der Waals surface area contributed by atoms with Gasteiger partial charge in [0, 0.05) is 0 Å². The molecule has 0 aliphatic carbocycles. The lowest BCUT2D eigenvalue weighted by atomic mass is 9.92. The predicted molar refractivity (Wildman–Crippen MR) is 78.5 cm³/mol. The van der Waals surface area contributed by atoms with Gasteiger partial charge in [0.15, 0.2) is 5.92 Å². The van der Waals surface area contributed by atoms with E-state index in [0.717, 1.165) is 11.1 Å². The molecule has 116 valence electrons. The Morgan fingerprint density at radius 2 is 1.52 bits per heavy atom. The van der Waals surface area contributed by atoms with Gasteiger partial charge in [-0.25, -0.2) is 0 Å². The summed E-state index contributed by atoms with van der Waals surface area (Å²) in [5, 5.41) is 0. The maximum Gasteiger partial charge on any atom is 0.324 e. The Bertz CT molecular complexity index is 504. The zero-order valence-electron chi connectivity index (χ0n) is 13.2. The average molecular weight is 294 g/mol. The summed E-state index contributed by atoms with van der Waals surface area (Å²) < 4.78 is 15.3. The molecule has 0 amide bonds. The molecular weight excluding hydrogens is 272 g/mol. The molecule has 0 aliphatic heterocycles. The molecule has 0 spiro atoms. The van der Waals surface area contributed by atoms with Crippen LogP contribution in [-0.4, -0.2) is 32.3 Å². The number of rotatable bonds is 6. The molecule has 0 aliphatic rings. The van der Waals surface area contributed by atoms with Gasteiger partial charge in [-0.05, 0) is 50.5 Å². The molecule has 1 rings (SSSR count). The first kappa shape index (κ1) is 17.0. The normalized spacial score (nSPS) is 10.4. The highest BCUT2D eigenvalue weighted by atomic mass is 16.6. The Balaban J connectivity index is 3.28. The van der Waals surface area contributed by atoms with Gasteiger partial charge in [0.1, 0.15) is 5.75 Å². The third-order valence-electron chi connectivity index (χ3n) is 3.14. The number of esters is 2. The van der Waals surface area contributed by atoms with Crippen molar-refractivity contribution in [2.24, 2.45) is 0 Å². The number of methoxy groups -OCH3 is 1. The third kappa shape index (κ3) is 3.97. The van der Waals surface area contributed by atoms with Crippen LogP contribution in [0.5, 0.6) is 5.75 Å². The standard InChI is InChI=1S/C16H22O5/c1-6-20-15(17)14(16(18)21-7-2)12-8-11(4)13(19-5)9-10(12)3/h8-9,14H,6-7H2,1-5H3. The first-order valence-electron chi connectivity index (χ1n) is 6.94. The van der Waals surface area contributed by atoms with Gasteiger partial charge in [0.2, 0.25) is 0 Å². The molecule has 0 N–H and O–H groups in total. The maximum atomic E-state index is 12.1. The Hall–Kier alpha value is -2.04. The van der Waals surface area contributed by atoms with E-state index < -0.39 is 17.9 Å². The van der Waals surface area contributed by atoms with Gasteiger partial charge in [-0.2, -0.15) is 0 Å². The summed E-state index contributed by atoms with van der Waals surface area (Å²) in [5.41, 5.74) is 2.21. The number of ether oxygens (including phenoxy) is 3. The summed E-state index contributed by atoms with van der Waals surface area (Å²) in [4.78, 5) is 24.2. The van der Waals surface area contributed by atoms with Crippen LogP contribution in [0.4, 0.5) is 0 Å². The molecule has 1 aromatic rings. The van der Waals surface area contributed by atoms with E-state index in [2.05, 4.69) is 0 Å². The van der Waals surface area contributed by atoms with Gasteiger partial charge >= 0.3 is 11.9 Å². The maximum absolute atomic E-state index is 12.1. The minimum absolute atomic E-state index is 0.211. The number of hydrogen-bond donors (Lipinski definition) is 0. The fraction of sp³-hybridized carbons (Fsp3) is 0.500. The molecule has 21 heavy (non-hydrogen) atoms. The lowest BCUT2D eigenvalue weighted by Gasteiger charge is -2.18. The third-order valence-corrected chi connectivity index (χ3v) is 3.14. The van der Waals surface area contributed by atoms with Crippen LogP contribution in [0.2, 0.25) is 0 Å². The summed E-state index contributed by atoms with van der Waals surface area (Å²) in [5.74, 6) is -1.54. The van der Waals surface area contributed by atoms with E-state index in [9.17, 15) is 9.59 Å². The lowest BCUT2D eigenvalue weighted by Crippen LogP contribution is -2.27. The minimum Gasteiger partial charge on any atom is -0.496 e. The zero-order valence-corrected chi connectivity index (χ0v) is 13.2. The number of benzene rings is 1. The van der Waals surface area contributed by atoms with Crippen molar-refractivity contribution in [2.75, 3.05) is 20.3 Å². The quantitative estimate of drug-likeness (QED) is 0.596. The second-order valence-corrected chi connectivity index (χ2v) is 4.62. The molecule has 0 heterocycles. The van der Waals surface area contributed by atoms with Crippen LogP contribution in [0.3, 0.4) is 0 Å². The van der Waals surface area contributed by atoms with Crippen molar-refractivity contribution in [1.82, 2.24) is 0 Å². The lowest BCUT2D eigenvalue weighted by molar-refractivity contribution is -0.156. The van der Waals surface area contributed by atoms with Crippen LogP contribution in [0, 0.1) is 13.8 Å². The van der Waals surface area contributed by atoms with Gasteiger partial charge in [-0.3, -0.25) is 9.59 Å². The number of aryl methyl sites for hydroxylation is 2. The first-order valence-corrected chi connectivity index (χ1v) is 6.94. The number of carbonyl (C=O) groups is 2. The Kier molecular flexibility index (Phi) is 6.21. The molecule has 0 saturated carbocycles. The molecule has 0 atom stereocenters. The highest BCUT2D eigenvalue weighted by Crippen LogP contribution is 2.29. The van der Waals surface area contributed by atoms with Gasteiger partial charge < -0.3 is 14.2 Å². The Labute approximate surface area is 125 Å². The van der Waals surface area contributed by atoms with Gasteiger partial charge in [-0.15, -0.1) is 0 Å². The van der Waals surface area contributed by atoms with E-state index in [1.165, 1.54) is 0 Å². The van der Waals surface area contributed by atoms with Gasteiger partial charge in [0.05, 0.1) is 20.3 Å². The fourth-order valence-electron chi connectivity index (χ4n) is 2.14. The number of hydrogen-bond acceptors (Lipinski definition) is 5. The van der Waals surface area contributed by atoms with E-state index in [0.29, 0.717) is 11.3 Å². The second kappa shape index (κ2) is 7.67. The summed E-state index contributed by atoms with van der Waals surface area (Å²) in [6, 6.07) is 3.57. The highest BCUT2D eigenvalue weighted by Gasteiger charge is 2.33. The topological polar surface area (TPSA) is 61.8 Å². The van der Waals surface area contributed by atoms with Crippen molar-refractivity contribution in [2.45, 2.75) is 33.6 Å². The monoisotopic (exact) mass is 294 g/mol. The highest BCUT2D eigenvalue weighted by molar-refractivity contribution is 6.01. The molecule has 0 saturated heterocycles. The van der Waals surface area contributed by atoms with Crippen molar-refractivity contribution in [1.29, 1.82) is 0 Å². The van der Waals surface area contributed by atoms with Crippen LogP contribution in [-0.2, 0) is 19.1 Å². The van der Waals surface area contributed by atoms with Gasteiger partial charge in [0.25, 0.3) is 0 Å². The molecule has 5 nitrogen and oxygen atoms in total. The molecule has 0 bridgehead atoms. The molecule has 0 aromatic heterocycles. The van der Waals surface area contributed by atoms with Crippen molar-refractivity contribution in [3.05, 3.63) is 28.8 Å². The SMILES string of the molecule is CCOC(=O)C(C(=O)OCC)c1cc(C)c(OC)cc1C. The fourth-order valence-corrected chi connectivity index (χ4v) is 2.14. The van der Waals surface area contributed by atoms with E-state index in [4.69, 9.17) is 14.2 Å². The summed E-state index contributed by atoms with van der Waals surface area (Å²) in [6.07, 6.45) is 0. The van der Waals surface area contributed by atoms with Gasteiger partial charge in [-0.1, -0.05) is 6.07 Å². The van der Waals surface area contributed by atoms with Crippen molar-refractivity contribution >= 4 is 11.9 Å². The molecular formula is C16H22O5. The van der Waals surface area contributed by atoms with Crippen LogP contribution in [0.15, 0.2) is 12.1 Å². The van der Waals surface area contributed by atoms with Crippen LogP contribution in [0.25, 0.3) is 0 Å². The molecule has 0 fully saturated rings. The largest absolute Gasteiger partial charge is 0.496 e. The molecule has 1 aromatic carbocycles. The number of carbonyl (C=O) groups excluding carboxylic acids is 2. The zero-order chi connectivity index (χ0) is 16.0. The van der Waals surface area contributed by atoms with Crippen LogP contribution < -0.4 is 4.74 Å². The van der Waals surface area contributed by atoms with Crippen LogP contribution in [0.1, 0.15) is 36.5 Å². The summed E-state index contributed by atoms with van der Waals surface area (Å²) >= 11 is 0. The Morgan fingerprint density at radius 1 is 1.00 bits per heavy atom. The van der Waals surface area contributed by atoms with E-state index in [1.807, 2.05) is 13.8 Å². The van der Waals surface area contributed by atoms with Crippen LogP contribution >= 0.6 is 0 Å². The minimum atomic E-state index is -1.06.